The Morgan fingerprint density at radius 2 is 2.21 bits per heavy atom. The number of rotatable bonds is 4. The SMILES string of the molecule is CCOc1ccccc1N1CC(C(=O)O)CCC1=O. The van der Waals surface area contributed by atoms with Gasteiger partial charge in [-0.25, -0.2) is 0 Å². The van der Waals surface area contributed by atoms with Crippen molar-refractivity contribution < 1.29 is 19.4 Å². The predicted molar refractivity (Wildman–Crippen MR) is 70.3 cm³/mol. The summed E-state index contributed by atoms with van der Waals surface area (Å²) < 4.78 is 5.49. The smallest absolute Gasteiger partial charge is 0.308 e. The molecule has 5 heteroatoms. The van der Waals surface area contributed by atoms with E-state index in [1.807, 2.05) is 19.1 Å². The molecule has 0 aliphatic carbocycles. The number of hydrogen-bond acceptors (Lipinski definition) is 3. The second-order valence-corrected chi connectivity index (χ2v) is 4.48. The number of ether oxygens (including phenoxy) is 1. The molecule has 5 nitrogen and oxygen atoms in total. The highest BCUT2D eigenvalue weighted by Crippen LogP contribution is 2.32. The molecule has 19 heavy (non-hydrogen) atoms. The van der Waals surface area contributed by atoms with Gasteiger partial charge in [0.15, 0.2) is 0 Å². The average molecular weight is 263 g/mol. The van der Waals surface area contributed by atoms with Gasteiger partial charge in [0.1, 0.15) is 5.75 Å². The van der Waals surface area contributed by atoms with Crippen molar-refractivity contribution in [3.63, 3.8) is 0 Å². The second-order valence-electron chi connectivity index (χ2n) is 4.48. The summed E-state index contributed by atoms with van der Waals surface area (Å²) in [6.07, 6.45) is 0.666. The van der Waals surface area contributed by atoms with Gasteiger partial charge >= 0.3 is 5.97 Å². The Balaban J connectivity index is 2.28. The maximum atomic E-state index is 12.0. The monoisotopic (exact) mass is 263 g/mol. The summed E-state index contributed by atoms with van der Waals surface area (Å²) in [6.45, 7) is 2.58. The number of benzene rings is 1. The number of nitrogens with zero attached hydrogens (tertiary/aromatic N) is 1. The van der Waals surface area contributed by atoms with E-state index in [0.29, 0.717) is 24.5 Å². The third kappa shape index (κ3) is 2.86. The molecule has 1 atom stereocenters. The lowest BCUT2D eigenvalue weighted by Crippen LogP contribution is -2.42. The molecular formula is C14H17NO4. The molecule has 1 N–H and O–H groups in total. The van der Waals surface area contributed by atoms with Gasteiger partial charge < -0.3 is 14.7 Å². The van der Waals surface area contributed by atoms with Crippen LogP contribution in [-0.2, 0) is 9.59 Å². The number of aliphatic carboxylic acids is 1. The second kappa shape index (κ2) is 5.73. The number of carbonyl (C=O) groups is 2. The zero-order valence-electron chi connectivity index (χ0n) is 10.8. The first-order valence-electron chi connectivity index (χ1n) is 6.38. The van der Waals surface area contributed by atoms with Crippen LogP contribution in [-0.4, -0.2) is 30.1 Å². The fraction of sp³-hybridized carbons (Fsp3) is 0.429. The maximum Gasteiger partial charge on any atom is 0.308 e. The fourth-order valence-corrected chi connectivity index (χ4v) is 2.24. The van der Waals surface area contributed by atoms with Crippen LogP contribution in [0.2, 0.25) is 0 Å². The van der Waals surface area contributed by atoms with Crippen molar-refractivity contribution in [2.75, 3.05) is 18.1 Å². The van der Waals surface area contributed by atoms with E-state index in [2.05, 4.69) is 0 Å². The third-order valence-corrected chi connectivity index (χ3v) is 3.22. The summed E-state index contributed by atoms with van der Waals surface area (Å²) in [5.41, 5.74) is 0.653. The van der Waals surface area contributed by atoms with Crippen LogP contribution in [0.5, 0.6) is 5.75 Å². The molecule has 1 amide bonds. The van der Waals surface area contributed by atoms with Crippen LogP contribution in [0.3, 0.4) is 0 Å². The summed E-state index contributed by atoms with van der Waals surface area (Å²) in [5, 5.41) is 9.09. The topological polar surface area (TPSA) is 66.8 Å². The van der Waals surface area contributed by atoms with Gasteiger partial charge in [0.2, 0.25) is 5.91 Å². The molecule has 0 saturated carbocycles. The normalized spacial score (nSPS) is 19.3. The Morgan fingerprint density at radius 3 is 2.89 bits per heavy atom. The lowest BCUT2D eigenvalue weighted by atomic mass is 9.97. The molecule has 0 spiro atoms. The minimum Gasteiger partial charge on any atom is -0.492 e. The molecule has 0 radical (unpaired) electrons. The van der Waals surface area contributed by atoms with Crippen molar-refractivity contribution in [3.8, 4) is 5.75 Å². The van der Waals surface area contributed by atoms with Gasteiger partial charge in [-0.15, -0.1) is 0 Å². The number of carboxylic acids is 1. The van der Waals surface area contributed by atoms with Crippen molar-refractivity contribution in [1.82, 2.24) is 0 Å². The molecule has 2 rings (SSSR count). The summed E-state index contributed by atoms with van der Waals surface area (Å²) in [5.74, 6) is -0.798. The number of amides is 1. The van der Waals surface area contributed by atoms with E-state index in [1.165, 1.54) is 4.90 Å². The zero-order chi connectivity index (χ0) is 13.8. The average Bonchev–Trinajstić information content (AvgIpc) is 2.40. The first-order valence-corrected chi connectivity index (χ1v) is 6.38. The fourth-order valence-electron chi connectivity index (χ4n) is 2.24. The van der Waals surface area contributed by atoms with Gasteiger partial charge in [-0.1, -0.05) is 12.1 Å². The highest BCUT2D eigenvalue weighted by Gasteiger charge is 2.32. The van der Waals surface area contributed by atoms with E-state index in [1.54, 1.807) is 12.1 Å². The van der Waals surface area contributed by atoms with Crippen LogP contribution in [0.1, 0.15) is 19.8 Å². The first-order chi connectivity index (χ1) is 9.13. The van der Waals surface area contributed by atoms with Crippen molar-refractivity contribution in [3.05, 3.63) is 24.3 Å². The van der Waals surface area contributed by atoms with Crippen molar-refractivity contribution in [1.29, 1.82) is 0 Å². The molecule has 0 bridgehead atoms. The molecule has 0 aromatic heterocycles. The Bertz CT molecular complexity index is 486. The van der Waals surface area contributed by atoms with Crippen molar-refractivity contribution >= 4 is 17.6 Å². The Labute approximate surface area is 111 Å². The van der Waals surface area contributed by atoms with Crippen LogP contribution in [0.4, 0.5) is 5.69 Å². The molecule has 1 aromatic rings. The lowest BCUT2D eigenvalue weighted by Gasteiger charge is -2.31. The van der Waals surface area contributed by atoms with Gasteiger partial charge in [0.05, 0.1) is 18.2 Å². The quantitative estimate of drug-likeness (QED) is 0.901. The van der Waals surface area contributed by atoms with Crippen LogP contribution in [0.25, 0.3) is 0 Å². The molecule has 102 valence electrons. The summed E-state index contributed by atoms with van der Waals surface area (Å²) in [6, 6.07) is 7.22. The zero-order valence-corrected chi connectivity index (χ0v) is 10.8. The Kier molecular flexibility index (Phi) is 4.04. The molecule has 1 unspecified atom stereocenters. The molecule has 1 fully saturated rings. The van der Waals surface area contributed by atoms with Crippen molar-refractivity contribution in [2.45, 2.75) is 19.8 Å². The van der Waals surface area contributed by atoms with Crippen LogP contribution in [0.15, 0.2) is 24.3 Å². The summed E-state index contributed by atoms with van der Waals surface area (Å²) in [4.78, 5) is 24.6. The van der Waals surface area contributed by atoms with Gasteiger partial charge in [-0.2, -0.15) is 0 Å². The largest absolute Gasteiger partial charge is 0.492 e. The number of carboxylic acid groups (broad SMARTS) is 1. The summed E-state index contributed by atoms with van der Waals surface area (Å²) in [7, 11) is 0. The summed E-state index contributed by atoms with van der Waals surface area (Å²) >= 11 is 0. The Morgan fingerprint density at radius 1 is 1.47 bits per heavy atom. The lowest BCUT2D eigenvalue weighted by molar-refractivity contribution is -0.142. The van der Waals surface area contributed by atoms with E-state index in [0.717, 1.165) is 0 Å². The molecular weight excluding hydrogens is 246 g/mol. The van der Waals surface area contributed by atoms with E-state index in [4.69, 9.17) is 9.84 Å². The van der Waals surface area contributed by atoms with Crippen LogP contribution < -0.4 is 9.64 Å². The molecule has 1 aliphatic heterocycles. The van der Waals surface area contributed by atoms with Gasteiger partial charge in [-0.05, 0) is 25.5 Å². The number of para-hydroxylation sites is 2. The molecule has 1 saturated heterocycles. The van der Waals surface area contributed by atoms with Crippen molar-refractivity contribution in [2.24, 2.45) is 5.92 Å². The van der Waals surface area contributed by atoms with Crippen LogP contribution in [0, 0.1) is 5.92 Å². The van der Waals surface area contributed by atoms with Gasteiger partial charge in [0, 0.05) is 13.0 Å². The van der Waals surface area contributed by atoms with E-state index >= 15 is 0 Å². The number of piperidine rings is 1. The van der Waals surface area contributed by atoms with E-state index < -0.39 is 11.9 Å². The standard InChI is InChI=1S/C14H17NO4/c1-2-19-12-6-4-3-5-11(12)15-9-10(14(17)18)7-8-13(15)16/h3-6,10H,2,7-9H2,1H3,(H,17,18). The minimum atomic E-state index is -0.855. The van der Waals surface area contributed by atoms with Gasteiger partial charge in [0.25, 0.3) is 0 Å². The highest BCUT2D eigenvalue weighted by molar-refractivity contribution is 5.96. The molecule has 1 aromatic carbocycles. The number of carbonyl (C=O) groups excluding carboxylic acids is 1. The van der Waals surface area contributed by atoms with Gasteiger partial charge in [-0.3, -0.25) is 9.59 Å². The van der Waals surface area contributed by atoms with Crippen LogP contribution >= 0.6 is 0 Å². The highest BCUT2D eigenvalue weighted by atomic mass is 16.5. The van der Waals surface area contributed by atoms with E-state index in [-0.39, 0.29) is 18.9 Å². The molecule has 1 heterocycles. The van der Waals surface area contributed by atoms with E-state index in [9.17, 15) is 9.59 Å². The first kappa shape index (κ1) is 13.4. The number of anilines is 1. The predicted octanol–water partition coefficient (Wildman–Crippen LogP) is 1.91. The maximum absolute atomic E-state index is 12.0. The Hall–Kier alpha value is -2.04. The number of hydrogen-bond donors (Lipinski definition) is 1. The molecule has 1 aliphatic rings. The third-order valence-electron chi connectivity index (χ3n) is 3.22. The minimum absolute atomic E-state index is 0.0512.